The molecular weight excluding hydrogens is 376 g/mol. The van der Waals surface area contributed by atoms with Crippen LogP contribution in [0.25, 0.3) is 0 Å². The third-order valence-electron chi connectivity index (χ3n) is 7.08. The van der Waals surface area contributed by atoms with Crippen molar-refractivity contribution in [3.05, 3.63) is 35.4 Å². The minimum absolute atomic E-state index is 0.00519. The Bertz CT molecular complexity index is 753. The maximum atomic E-state index is 13.1. The SMILES string of the molecule is CC(=O)N1CC(N(Cc2ccc(C)cc2)C2CC2)CC1C(=O)NC1CCC(N)CC1. The predicted molar refractivity (Wildman–Crippen MR) is 118 cm³/mol. The van der Waals surface area contributed by atoms with Crippen molar-refractivity contribution in [1.29, 1.82) is 0 Å². The Morgan fingerprint density at radius 3 is 2.33 bits per heavy atom. The number of amides is 2. The molecule has 2 amide bonds. The molecule has 1 aromatic rings. The van der Waals surface area contributed by atoms with Crippen LogP contribution in [0.15, 0.2) is 24.3 Å². The van der Waals surface area contributed by atoms with Crippen molar-refractivity contribution >= 4 is 11.8 Å². The molecular formula is C24H36N4O2. The number of carbonyl (C=O) groups excluding carboxylic acids is 2. The zero-order valence-corrected chi connectivity index (χ0v) is 18.3. The standard InChI is InChI=1S/C24H36N4O2/c1-16-3-5-18(6-4-16)14-28(21-11-12-21)22-13-23(27(15-22)17(2)29)24(30)26-20-9-7-19(25)8-10-20/h3-6,19-23H,7-15,25H2,1-2H3,(H,26,30). The summed E-state index contributed by atoms with van der Waals surface area (Å²) < 4.78 is 0. The second kappa shape index (κ2) is 9.06. The fourth-order valence-electron chi connectivity index (χ4n) is 5.08. The van der Waals surface area contributed by atoms with Gasteiger partial charge in [-0.2, -0.15) is 0 Å². The quantitative estimate of drug-likeness (QED) is 0.752. The molecule has 2 saturated carbocycles. The molecule has 0 bridgehead atoms. The lowest BCUT2D eigenvalue weighted by molar-refractivity contribution is -0.137. The molecule has 6 heteroatoms. The first kappa shape index (κ1) is 21.3. The molecule has 0 aromatic heterocycles. The molecule has 1 heterocycles. The number of hydrogen-bond donors (Lipinski definition) is 2. The highest BCUT2D eigenvalue weighted by Gasteiger charge is 2.44. The fraction of sp³-hybridized carbons (Fsp3) is 0.667. The van der Waals surface area contributed by atoms with Crippen LogP contribution in [0, 0.1) is 6.92 Å². The molecule has 3 N–H and O–H groups in total. The number of nitrogens with one attached hydrogen (secondary N) is 1. The Kier molecular flexibility index (Phi) is 6.44. The first-order chi connectivity index (χ1) is 14.4. The van der Waals surface area contributed by atoms with Crippen LogP contribution in [0.1, 0.15) is 63.0 Å². The molecule has 0 spiro atoms. The molecule has 164 valence electrons. The number of benzene rings is 1. The second-order valence-corrected chi connectivity index (χ2v) is 9.59. The van der Waals surface area contributed by atoms with E-state index in [-0.39, 0.29) is 36.0 Å². The van der Waals surface area contributed by atoms with Crippen molar-refractivity contribution in [2.75, 3.05) is 6.54 Å². The van der Waals surface area contributed by atoms with Crippen molar-refractivity contribution < 1.29 is 9.59 Å². The Hall–Kier alpha value is -1.92. The monoisotopic (exact) mass is 412 g/mol. The molecule has 30 heavy (non-hydrogen) atoms. The Morgan fingerprint density at radius 1 is 1.07 bits per heavy atom. The van der Waals surface area contributed by atoms with Crippen LogP contribution >= 0.6 is 0 Å². The number of likely N-dealkylation sites (tertiary alicyclic amines) is 1. The van der Waals surface area contributed by atoms with Crippen molar-refractivity contribution in [3.63, 3.8) is 0 Å². The maximum Gasteiger partial charge on any atom is 0.243 e. The smallest absolute Gasteiger partial charge is 0.243 e. The molecule has 0 radical (unpaired) electrons. The van der Waals surface area contributed by atoms with Crippen LogP contribution in [-0.4, -0.2) is 58.4 Å². The van der Waals surface area contributed by atoms with Gasteiger partial charge < -0.3 is 16.0 Å². The van der Waals surface area contributed by atoms with E-state index in [1.165, 1.54) is 24.0 Å². The molecule has 6 nitrogen and oxygen atoms in total. The van der Waals surface area contributed by atoms with E-state index >= 15 is 0 Å². The summed E-state index contributed by atoms with van der Waals surface area (Å²) in [6, 6.07) is 9.61. The predicted octanol–water partition coefficient (Wildman–Crippen LogP) is 2.33. The lowest BCUT2D eigenvalue weighted by Gasteiger charge is -2.29. The van der Waals surface area contributed by atoms with E-state index in [0.717, 1.165) is 38.6 Å². The van der Waals surface area contributed by atoms with E-state index in [9.17, 15) is 9.59 Å². The maximum absolute atomic E-state index is 13.1. The molecule has 1 aromatic carbocycles. The average Bonchev–Trinajstić information content (AvgIpc) is 3.46. The lowest BCUT2D eigenvalue weighted by atomic mass is 9.91. The van der Waals surface area contributed by atoms with Crippen LogP contribution in [0.2, 0.25) is 0 Å². The fourth-order valence-corrected chi connectivity index (χ4v) is 5.08. The highest BCUT2D eigenvalue weighted by atomic mass is 16.2. The van der Waals surface area contributed by atoms with Crippen LogP contribution in [-0.2, 0) is 16.1 Å². The van der Waals surface area contributed by atoms with Gasteiger partial charge in [0, 0.05) is 44.2 Å². The van der Waals surface area contributed by atoms with Crippen molar-refractivity contribution in [1.82, 2.24) is 15.1 Å². The summed E-state index contributed by atoms with van der Waals surface area (Å²) in [5.41, 5.74) is 8.56. The number of carbonyl (C=O) groups is 2. The Labute approximate surface area is 180 Å². The first-order valence-corrected chi connectivity index (χ1v) is 11.5. The van der Waals surface area contributed by atoms with Crippen LogP contribution in [0.4, 0.5) is 0 Å². The third-order valence-corrected chi connectivity index (χ3v) is 7.08. The van der Waals surface area contributed by atoms with Gasteiger partial charge in [-0.25, -0.2) is 0 Å². The molecule has 2 aliphatic carbocycles. The van der Waals surface area contributed by atoms with Crippen LogP contribution in [0.3, 0.4) is 0 Å². The molecule has 2 atom stereocenters. The van der Waals surface area contributed by atoms with Crippen LogP contribution < -0.4 is 11.1 Å². The number of nitrogens with zero attached hydrogens (tertiary/aromatic N) is 2. The molecule has 4 rings (SSSR count). The van der Waals surface area contributed by atoms with Gasteiger partial charge in [-0.3, -0.25) is 14.5 Å². The first-order valence-electron chi connectivity index (χ1n) is 11.5. The number of nitrogens with two attached hydrogens (primary N) is 1. The highest BCUT2D eigenvalue weighted by Crippen LogP contribution is 2.35. The molecule has 1 aliphatic heterocycles. The van der Waals surface area contributed by atoms with Crippen LogP contribution in [0.5, 0.6) is 0 Å². The van der Waals surface area contributed by atoms with Gasteiger partial charge in [0.2, 0.25) is 11.8 Å². The van der Waals surface area contributed by atoms with Crippen molar-refractivity contribution in [2.45, 2.75) is 95.5 Å². The van der Waals surface area contributed by atoms with E-state index in [4.69, 9.17) is 5.73 Å². The summed E-state index contributed by atoms with van der Waals surface area (Å²) in [5.74, 6) is 0.00801. The summed E-state index contributed by atoms with van der Waals surface area (Å²) in [6.45, 7) is 5.22. The van der Waals surface area contributed by atoms with Gasteiger partial charge in [-0.05, 0) is 57.4 Å². The number of rotatable bonds is 6. The van der Waals surface area contributed by atoms with Gasteiger partial charge in [0.05, 0.1) is 0 Å². The second-order valence-electron chi connectivity index (χ2n) is 9.59. The molecule has 3 aliphatic rings. The van der Waals surface area contributed by atoms with Crippen molar-refractivity contribution in [3.8, 4) is 0 Å². The normalized spacial score (nSPS) is 29.3. The van der Waals surface area contributed by atoms with E-state index < -0.39 is 0 Å². The minimum atomic E-state index is -0.359. The zero-order chi connectivity index (χ0) is 21.3. The van der Waals surface area contributed by atoms with Gasteiger partial charge >= 0.3 is 0 Å². The van der Waals surface area contributed by atoms with Gasteiger partial charge in [0.1, 0.15) is 6.04 Å². The van der Waals surface area contributed by atoms with Gasteiger partial charge in [0.15, 0.2) is 0 Å². The van der Waals surface area contributed by atoms with E-state index in [1.807, 2.05) is 0 Å². The third kappa shape index (κ3) is 5.03. The summed E-state index contributed by atoms with van der Waals surface area (Å²) in [7, 11) is 0. The number of hydrogen-bond acceptors (Lipinski definition) is 4. The molecule has 1 saturated heterocycles. The van der Waals surface area contributed by atoms with Gasteiger partial charge in [-0.15, -0.1) is 0 Å². The van der Waals surface area contributed by atoms with E-state index in [2.05, 4.69) is 41.4 Å². The highest BCUT2D eigenvalue weighted by molar-refractivity contribution is 5.87. The molecule has 2 unspecified atom stereocenters. The summed E-state index contributed by atoms with van der Waals surface area (Å²) in [5, 5.41) is 3.22. The Balaban J connectivity index is 1.43. The zero-order valence-electron chi connectivity index (χ0n) is 18.3. The van der Waals surface area contributed by atoms with E-state index in [1.54, 1.807) is 11.8 Å². The largest absolute Gasteiger partial charge is 0.352 e. The summed E-state index contributed by atoms with van der Waals surface area (Å²) in [4.78, 5) is 29.8. The average molecular weight is 413 g/mol. The summed E-state index contributed by atoms with van der Waals surface area (Å²) >= 11 is 0. The Morgan fingerprint density at radius 2 is 1.73 bits per heavy atom. The molecule has 3 fully saturated rings. The minimum Gasteiger partial charge on any atom is -0.352 e. The van der Waals surface area contributed by atoms with Gasteiger partial charge in [-0.1, -0.05) is 29.8 Å². The lowest BCUT2D eigenvalue weighted by Crippen LogP contribution is -2.49. The van der Waals surface area contributed by atoms with Crippen molar-refractivity contribution in [2.24, 2.45) is 5.73 Å². The number of aryl methyl sites for hydroxylation is 1. The summed E-state index contributed by atoms with van der Waals surface area (Å²) in [6.07, 6.45) is 6.93. The topological polar surface area (TPSA) is 78.7 Å². The van der Waals surface area contributed by atoms with E-state index in [0.29, 0.717) is 12.6 Å². The van der Waals surface area contributed by atoms with Gasteiger partial charge in [0.25, 0.3) is 0 Å².